The van der Waals surface area contributed by atoms with E-state index in [1.807, 2.05) is 0 Å². The SMILES string of the molecule is C=CCOC(=O)Nc1cccc(C(=O)C(Br)c2ccnc(Cl)n2)c1F. The molecule has 1 heterocycles. The zero-order chi connectivity index (χ0) is 18.4. The minimum absolute atomic E-state index is 0.0238. The Bertz CT molecular complexity index is 819. The molecule has 0 aliphatic carbocycles. The predicted octanol–water partition coefficient (Wildman–Crippen LogP) is 4.32. The summed E-state index contributed by atoms with van der Waals surface area (Å²) in [5.74, 6) is -1.47. The number of amides is 1. The van der Waals surface area contributed by atoms with Crippen LogP contribution in [0.2, 0.25) is 5.28 Å². The van der Waals surface area contributed by atoms with E-state index in [2.05, 4.69) is 37.8 Å². The standard InChI is InChI=1S/C16H12BrClFN3O3/c1-2-8-25-16(24)22-11-5-3-4-9(13(11)19)14(23)12(17)10-6-7-20-15(18)21-10/h2-7,12H,1,8H2,(H,22,24). The molecule has 130 valence electrons. The molecule has 1 N–H and O–H groups in total. The quantitative estimate of drug-likeness (QED) is 0.321. The maximum atomic E-state index is 14.6. The van der Waals surface area contributed by atoms with E-state index in [0.29, 0.717) is 0 Å². The van der Waals surface area contributed by atoms with Gasteiger partial charge in [-0.1, -0.05) is 34.7 Å². The summed E-state index contributed by atoms with van der Waals surface area (Å²) >= 11 is 8.88. The van der Waals surface area contributed by atoms with Gasteiger partial charge in [0.15, 0.2) is 11.6 Å². The maximum Gasteiger partial charge on any atom is 0.412 e. The van der Waals surface area contributed by atoms with Gasteiger partial charge in [-0.05, 0) is 29.8 Å². The van der Waals surface area contributed by atoms with Gasteiger partial charge in [-0.25, -0.2) is 19.2 Å². The van der Waals surface area contributed by atoms with E-state index in [4.69, 9.17) is 16.3 Å². The van der Waals surface area contributed by atoms with Crippen molar-refractivity contribution in [3.8, 4) is 0 Å². The second-order valence-electron chi connectivity index (χ2n) is 4.66. The highest BCUT2D eigenvalue weighted by Crippen LogP contribution is 2.29. The number of aromatic nitrogens is 2. The van der Waals surface area contributed by atoms with Gasteiger partial charge in [0, 0.05) is 6.20 Å². The number of hydrogen-bond acceptors (Lipinski definition) is 5. The normalized spacial score (nSPS) is 11.5. The number of nitrogens with zero attached hydrogens (tertiary/aromatic N) is 2. The second kappa shape index (κ2) is 8.68. The lowest BCUT2D eigenvalue weighted by atomic mass is 10.0. The smallest absolute Gasteiger partial charge is 0.412 e. The lowest BCUT2D eigenvalue weighted by molar-refractivity contribution is 0.0986. The molecule has 1 aromatic heterocycles. The number of carbonyl (C=O) groups is 2. The number of alkyl halides is 1. The van der Waals surface area contributed by atoms with Gasteiger partial charge in [-0.2, -0.15) is 0 Å². The molecule has 0 radical (unpaired) electrons. The minimum Gasteiger partial charge on any atom is -0.445 e. The molecule has 1 atom stereocenters. The molecule has 0 saturated heterocycles. The molecular formula is C16H12BrClFN3O3. The molecule has 1 unspecified atom stereocenters. The van der Waals surface area contributed by atoms with E-state index >= 15 is 0 Å². The molecule has 0 aliphatic heterocycles. The molecule has 25 heavy (non-hydrogen) atoms. The Hall–Kier alpha value is -2.32. The summed E-state index contributed by atoms with van der Waals surface area (Å²) in [5.41, 5.74) is -0.119. The molecule has 9 heteroatoms. The summed E-state index contributed by atoms with van der Waals surface area (Å²) in [6, 6.07) is 5.53. The number of ketones is 1. The minimum atomic E-state index is -0.925. The molecule has 2 rings (SSSR count). The molecule has 2 aromatic rings. The number of ether oxygens (including phenoxy) is 1. The topological polar surface area (TPSA) is 81.2 Å². The number of benzene rings is 1. The highest BCUT2D eigenvalue weighted by Gasteiger charge is 2.25. The largest absolute Gasteiger partial charge is 0.445 e. The van der Waals surface area contributed by atoms with E-state index in [9.17, 15) is 14.0 Å². The second-order valence-corrected chi connectivity index (χ2v) is 5.91. The van der Waals surface area contributed by atoms with Crippen LogP contribution in [0.1, 0.15) is 20.9 Å². The van der Waals surface area contributed by atoms with Gasteiger partial charge < -0.3 is 4.74 Å². The van der Waals surface area contributed by atoms with Crippen LogP contribution in [0.4, 0.5) is 14.9 Å². The summed E-state index contributed by atoms with van der Waals surface area (Å²) < 4.78 is 19.3. The van der Waals surface area contributed by atoms with Crippen LogP contribution >= 0.6 is 27.5 Å². The van der Waals surface area contributed by atoms with Crippen LogP contribution in [0.3, 0.4) is 0 Å². The van der Waals surface area contributed by atoms with Crippen LogP contribution < -0.4 is 5.32 Å². The Labute approximate surface area is 156 Å². The molecular weight excluding hydrogens is 417 g/mol. The van der Waals surface area contributed by atoms with Gasteiger partial charge in [0.1, 0.15) is 11.4 Å². The van der Waals surface area contributed by atoms with Gasteiger partial charge in [0.05, 0.1) is 16.9 Å². The van der Waals surface area contributed by atoms with E-state index in [-0.39, 0.29) is 28.8 Å². The Morgan fingerprint density at radius 2 is 2.20 bits per heavy atom. The van der Waals surface area contributed by atoms with Crippen molar-refractivity contribution in [3.63, 3.8) is 0 Å². The summed E-state index contributed by atoms with van der Waals surface area (Å²) in [4.78, 5) is 30.8. The zero-order valence-corrected chi connectivity index (χ0v) is 15.1. The first-order valence-corrected chi connectivity index (χ1v) is 8.23. The van der Waals surface area contributed by atoms with E-state index in [1.165, 1.54) is 36.5 Å². The van der Waals surface area contributed by atoms with Crippen molar-refractivity contribution < 1.29 is 18.7 Å². The van der Waals surface area contributed by atoms with Crippen molar-refractivity contribution >= 4 is 45.1 Å². The van der Waals surface area contributed by atoms with E-state index in [1.54, 1.807) is 0 Å². The summed E-state index contributed by atoms with van der Waals surface area (Å²) in [6.07, 6.45) is 1.90. The number of hydrogen-bond donors (Lipinski definition) is 1. The average molecular weight is 429 g/mol. The van der Waals surface area contributed by atoms with Crippen molar-refractivity contribution in [2.75, 3.05) is 11.9 Å². The van der Waals surface area contributed by atoms with Gasteiger partial charge in [0.2, 0.25) is 5.28 Å². The fraction of sp³-hybridized carbons (Fsp3) is 0.125. The first-order valence-electron chi connectivity index (χ1n) is 6.94. The third-order valence-electron chi connectivity index (χ3n) is 2.97. The number of halogens is 3. The molecule has 0 spiro atoms. The number of anilines is 1. The van der Waals surface area contributed by atoms with E-state index in [0.717, 1.165) is 0 Å². The Morgan fingerprint density at radius 3 is 2.88 bits per heavy atom. The van der Waals surface area contributed by atoms with Gasteiger partial charge in [-0.3, -0.25) is 10.1 Å². The van der Waals surface area contributed by atoms with Crippen molar-refractivity contribution in [1.29, 1.82) is 0 Å². The third-order valence-corrected chi connectivity index (χ3v) is 4.04. The van der Waals surface area contributed by atoms with Crippen molar-refractivity contribution in [1.82, 2.24) is 9.97 Å². The number of Topliss-reactive ketones (excluding diaryl/α,β-unsaturated/α-hetero) is 1. The molecule has 6 nitrogen and oxygen atoms in total. The van der Waals surface area contributed by atoms with Crippen LogP contribution in [-0.4, -0.2) is 28.5 Å². The number of carbonyl (C=O) groups excluding carboxylic acids is 2. The van der Waals surface area contributed by atoms with Gasteiger partial charge >= 0.3 is 6.09 Å². The number of rotatable bonds is 6. The number of nitrogens with one attached hydrogen (secondary N) is 1. The Kier molecular flexibility index (Phi) is 6.60. The molecule has 0 bridgehead atoms. The first kappa shape index (κ1) is 19.0. The fourth-order valence-electron chi connectivity index (χ4n) is 1.86. The summed E-state index contributed by atoms with van der Waals surface area (Å²) in [7, 11) is 0. The van der Waals surface area contributed by atoms with Crippen LogP contribution in [0, 0.1) is 5.82 Å². The third kappa shape index (κ3) is 4.83. The maximum absolute atomic E-state index is 14.6. The van der Waals surface area contributed by atoms with Crippen molar-refractivity contribution in [3.05, 3.63) is 65.5 Å². The van der Waals surface area contributed by atoms with Gasteiger partial charge in [-0.15, -0.1) is 0 Å². The molecule has 0 aliphatic rings. The summed E-state index contributed by atoms with van der Waals surface area (Å²) in [6.45, 7) is 3.38. The molecule has 1 amide bonds. The van der Waals surface area contributed by atoms with E-state index < -0.39 is 22.5 Å². The van der Waals surface area contributed by atoms with Crippen LogP contribution in [0.5, 0.6) is 0 Å². The molecule has 0 fully saturated rings. The average Bonchev–Trinajstić information content (AvgIpc) is 2.60. The highest BCUT2D eigenvalue weighted by molar-refractivity contribution is 9.09. The fourth-order valence-corrected chi connectivity index (χ4v) is 2.51. The van der Waals surface area contributed by atoms with Crippen LogP contribution in [0.15, 0.2) is 43.1 Å². The predicted molar refractivity (Wildman–Crippen MR) is 94.6 cm³/mol. The van der Waals surface area contributed by atoms with Crippen LogP contribution in [0.25, 0.3) is 0 Å². The Morgan fingerprint density at radius 1 is 1.44 bits per heavy atom. The van der Waals surface area contributed by atoms with Crippen LogP contribution in [-0.2, 0) is 4.74 Å². The monoisotopic (exact) mass is 427 g/mol. The molecule has 0 saturated carbocycles. The van der Waals surface area contributed by atoms with Crippen molar-refractivity contribution in [2.45, 2.75) is 4.83 Å². The lowest BCUT2D eigenvalue weighted by Crippen LogP contribution is -2.17. The lowest BCUT2D eigenvalue weighted by Gasteiger charge is -2.12. The highest BCUT2D eigenvalue weighted by atomic mass is 79.9. The Balaban J connectivity index is 2.24. The zero-order valence-electron chi connectivity index (χ0n) is 12.7. The van der Waals surface area contributed by atoms with Crippen molar-refractivity contribution in [2.24, 2.45) is 0 Å². The molecule has 1 aromatic carbocycles. The first-order chi connectivity index (χ1) is 11.9. The summed E-state index contributed by atoms with van der Waals surface area (Å²) in [5, 5.41) is 2.20. The van der Waals surface area contributed by atoms with Gasteiger partial charge in [0.25, 0.3) is 0 Å².